The molecular formula is C30H32N4OS. The van der Waals surface area contributed by atoms with Crippen LogP contribution >= 0.6 is 11.3 Å². The molecule has 3 heterocycles. The first-order valence-electron chi connectivity index (χ1n) is 13.2. The maximum atomic E-state index is 12.9. The van der Waals surface area contributed by atoms with Crippen molar-refractivity contribution in [3.05, 3.63) is 88.1 Å². The maximum absolute atomic E-state index is 12.9. The zero-order chi connectivity index (χ0) is 24.3. The molecule has 5 nitrogen and oxygen atoms in total. The highest BCUT2D eigenvalue weighted by Crippen LogP contribution is 2.40. The van der Waals surface area contributed by atoms with Gasteiger partial charge in [-0.15, -0.1) is 11.3 Å². The van der Waals surface area contributed by atoms with E-state index < -0.39 is 0 Å². The second-order valence-corrected chi connectivity index (χ2v) is 11.0. The van der Waals surface area contributed by atoms with Gasteiger partial charge in [-0.05, 0) is 48.8 Å². The fourth-order valence-corrected chi connectivity index (χ4v) is 6.75. The van der Waals surface area contributed by atoms with E-state index in [0.29, 0.717) is 6.42 Å². The second kappa shape index (κ2) is 10.4. The molecule has 2 aromatic heterocycles. The van der Waals surface area contributed by atoms with Crippen LogP contribution in [0.1, 0.15) is 40.2 Å². The molecule has 0 unspecified atom stereocenters. The Balaban J connectivity index is 1.24. The third-order valence-electron chi connectivity index (χ3n) is 7.45. The maximum Gasteiger partial charge on any atom is 0.227 e. The number of thiophene rings is 1. The minimum absolute atomic E-state index is 0.213. The molecule has 0 atom stereocenters. The summed E-state index contributed by atoms with van der Waals surface area (Å²) in [4.78, 5) is 30.2. The molecule has 184 valence electrons. The summed E-state index contributed by atoms with van der Waals surface area (Å²) in [6.45, 7) is 3.11. The number of carbonyl (C=O) groups is 1. The zero-order valence-electron chi connectivity index (χ0n) is 20.7. The first kappa shape index (κ1) is 23.2. The molecule has 0 N–H and O–H groups in total. The number of aromatic nitrogens is 2. The van der Waals surface area contributed by atoms with E-state index in [9.17, 15) is 4.79 Å². The summed E-state index contributed by atoms with van der Waals surface area (Å²) < 4.78 is 0. The summed E-state index contributed by atoms with van der Waals surface area (Å²) in [5, 5.41) is 1.28. The molecule has 2 aromatic carbocycles. The minimum Gasteiger partial charge on any atom is -0.352 e. The van der Waals surface area contributed by atoms with E-state index in [1.165, 1.54) is 34.2 Å². The minimum atomic E-state index is 0.213. The Bertz CT molecular complexity index is 1340. The molecule has 1 amide bonds. The van der Waals surface area contributed by atoms with E-state index in [-0.39, 0.29) is 5.91 Å². The van der Waals surface area contributed by atoms with Crippen molar-refractivity contribution in [2.24, 2.45) is 0 Å². The third-order valence-corrected chi connectivity index (χ3v) is 8.64. The van der Waals surface area contributed by atoms with Crippen molar-refractivity contribution in [1.82, 2.24) is 14.9 Å². The number of piperazine rings is 1. The van der Waals surface area contributed by atoms with Crippen molar-refractivity contribution in [2.45, 2.75) is 44.9 Å². The lowest BCUT2D eigenvalue weighted by Gasteiger charge is -2.36. The molecule has 0 spiro atoms. The number of fused-ring (bicyclic) bond motifs is 3. The van der Waals surface area contributed by atoms with Gasteiger partial charge >= 0.3 is 0 Å². The van der Waals surface area contributed by atoms with Gasteiger partial charge in [0.05, 0.1) is 11.8 Å². The molecule has 1 aliphatic heterocycles. The predicted octanol–water partition coefficient (Wildman–Crippen LogP) is 5.25. The number of hydrogen-bond acceptors (Lipinski definition) is 5. The molecule has 0 radical (unpaired) electrons. The number of amides is 1. The van der Waals surface area contributed by atoms with Crippen molar-refractivity contribution >= 4 is 33.3 Å². The van der Waals surface area contributed by atoms with Gasteiger partial charge in [0.2, 0.25) is 5.91 Å². The van der Waals surface area contributed by atoms with E-state index >= 15 is 0 Å². The Kier molecular flexibility index (Phi) is 6.69. The molecule has 1 saturated heterocycles. The van der Waals surface area contributed by atoms with Gasteiger partial charge in [-0.25, -0.2) is 9.97 Å². The average molecular weight is 497 g/mol. The van der Waals surface area contributed by atoms with Crippen LogP contribution < -0.4 is 4.90 Å². The lowest BCUT2D eigenvalue weighted by atomic mass is 9.96. The van der Waals surface area contributed by atoms with E-state index in [1.807, 2.05) is 46.6 Å². The largest absolute Gasteiger partial charge is 0.352 e. The number of nitrogens with zero attached hydrogens (tertiary/aromatic N) is 4. The number of rotatable bonds is 6. The highest BCUT2D eigenvalue weighted by atomic mass is 32.1. The first-order valence-corrected chi connectivity index (χ1v) is 14.0. The summed E-state index contributed by atoms with van der Waals surface area (Å²) in [5.74, 6) is 2.24. The van der Waals surface area contributed by atoms with Crippen LogP contribution in [-0.2, 0) is 36.9 Å². The normalized spacial score (nSPS) is 15.8. The van der Waals surface area contributed by atoms with Crippen LogP contribution in [-0.4, -0.2) is 47.0 Å². The van der Waals surface area contributed by atoms with Gasteiger partial charge in [0.1, 0.15) is 16.5 Å². The molecule has 6 rings (SSSR count). The Morgan fingerprint density at radius 3 is 2.25 bits per heavy atom. The molecule has 6 heteroatoms. The third kappa shape index (κ3) is 4.87. The van der Waals surface area contributed by atoms with Gasteiger partial charge in [0, 0.05) is 37.5 Å². The van der Waals surface area contributed by atoms with Crippen LogP contribution in [0.15, 0.2) is 60.7 Å². The van der Waals surface area contributed by atoms with Crippen LogP contribution in [0.5, 0.6) is 0 Å². The van der Waals surface area contributed by atoms with Gasteiger partial charge in [0.25, 0.3) is 0 Å². The summed E-state index contributed by atoms with van der Waals surface area (Å²) in [5.41, 5.74) is 3.88. The van der Waals surface area contributed by atoms with E-state index in [0.717, 1.165) is 73.9 Å². The Hall–Kier alpha value is -3.25. The SMILES string of the molecule is O=C(Cc1ccccc1)N1CCN(c2nc(CCc3ccccc3)nc3sc4c(c23)CCCC4)CC1. The monoisotopic (exact) mass is 496 g/mol. The summed E-state index contributed by atoms with van der Waals surface area (Å²) in [7, 11) is 0. The van der Waals surface area contributed by atoms with Crippen molar-refractivity contribution in [3.8, 4) is 0 Å². The Morgan fingerprint density at radius 2 is 1.50 bits per heavy atom. The smallest absolute Gasteiger partial charge is 0.227 e. The van der Waals surface area contributed by atoms with Gasteiger partial charge in [-0.3, -0.25) is 4.79 Å². The molecular weight excluding hydrogens is 464 g/mol. The van der Waals surface area contributed by atoms with Crippen molar-refractivity contribution in [1.29, 1.82) is 0 Å². The molecule has 1 aliphatic carbocycles. The summed E-state index contributed by atoms with van der Waals surface area (Å²) >= 11 is 1.88. The first-order chi connectivity index (χ1) is 17.7. The number of aryl methyl sites for hydroxylation is 4. The van der Waals surface area contributed by atoms with E-state index in [1.54, 1.807) is 0 Å². The van der Waals surface area contributed by atoms with E-state index in [4.69, 9.17) is 9.97 Å². The molecule has 0 bridgehead atoms. The average Bonchev–Trinajstić information content (AvgIpc) is 3.31. The molecule has 1 fully saturated rings. The highest BCUT2D eigenvalue weighted by Gasteiger charge is 2.27. The fraction of sp³-hybridized carbons (Fsp3) is 0.367. The quantitative estimate of drug-likeness (QED) is 0.366. The number of hydrogen-bond donors (Lipinski definition) is 0. The summed E-state index contributed by atoms with van der Waals surface area (Å²) in [6.07, 6.45) is 7.06. The lowest BCUT2D eigenvalue weighted by molar-refractivity contribution is -0.130. The standard InChI is InChI=1S/C30H32N4OS/c35-27(21-23-11-5-2-6-12-23)33-17-19-34(20-18-33)29-28-24-13-7-8-14-25(24)36-30(28)32-26(31-29)16-15-22-9-3-1-4-10-22/h1-6,9-12H,7-8,13-21H2. The topological polar surface area (TPSA) is 49.3 Å². The lowest BCUT2D eigenvalue weighted by Crippen LogP contribution is -2.49. The molecule has 36 heavy (non-hydrogen) atoms. The van der Waals surface area contributed by atoms with Crippen molar-refractivity contribution in [3.63, 3.8) is 0 Å². The van der Waals surface area contributed by atoms with Gasteiger partial charge < -0.3 is 9.80 Å². The van der Waals surface area contributed by atoms with Crippen molar-refractivity contribution < 1.29 is 4.79 Å². The van der Waals surface area contributed by atoms with Gasteiger partial charge in [-0.2, -0.15) is 0 Å². The molecule has 0 saturated carbocycles. The zero-order valence-corrected chi connectivity index (χ0v) is 21.5. The summed E-state index contributed by atoms with van der Waals surface area (Å²) in [6, 6.07) is 20.6. The van der Waals surface area contributed by atoms with Crippen LogP contribution in [0.2, 0.25) is 0 Å². The molecule has 4 aromatic rings. The second-order valence-electron chi connectivity index (χ2n) is 9.87. The fourth-order valence-electron chi connectivity index (χ4n) is 5.47. The van der Waals surface area contributed by atoms with Crippen LogP contribution in [0.4, 0.5) is 5.82 Å². The Labute approximate surface area is 216 Å². The van der Waals surface area contributed by atoms with Crippen LogP contribution in [0.3, 0.4) is 0 Å². The Morgan fingerprint density at radius 1 is 0.806 bits per heavy atom. The van der Waals surface area contributed by atoms with Crippen LogP contribution in [0.25, 0.3) is 10.2 Å². The highest BCUT2D eigenvalue weighted by molar-refractivity contribution is 7.19. The van der Waals surface area contributed by atoms with Crippen LogP contribution in [0, 0.1) is 0 Å². The van der Waals surface area contributed by atoms with E-state index in [2.05, 4.69) is 35.2 Å². The van der Waals surface area contributed by atoms with Gasteiger partial charge in [-0.1, -0.05) is 60.7 Å². The number of carbonyl (C=O) groups excluding carboxylic acids is 1. The number of anilines is 1. The van der Waals surface area contributed by atoms with Crippen molar-refractivity contribution in [2.75, 3.05) is 31.1 Å². The predicted molar refractivity (Wildman–Crippen MR) is 147 cm³/mol. The number of benzene rings is 2. The van der Waals surface area contributed by atoms with Gasteiger partial charge in [0.15, 0.2) is 0 Å². The molecule has 2 aliphatic rings.